The standard InChI is InChI=1S/C31H29ClN4O3/c1-18(2)14-15-33-29(37)22-11-4-6-13-25(22)36-30(38)26-17-23-21-10-3-5-12-24(21)34-27(23)28(35(26)31(36)39)19-8-7-9-20(32)16-19/h3-13,16,18,26,28,34H,14-15,17H2,1-2H3,(H,33,37)/t26-,28?/m0/s1. The van der Waals surface area contributed by atoms with Gasteiger partial charge >= 0.3 is 6.03 Å². The molecule has 198 valence electrons. The number of urea groups is 1. The van der Waals surface area contributed by atoms with Gasteiger partial charge < -0.3 is 10.3 Å². The number of rotatable bonds is 6. The third-order valence-electron chi connectivity index (χ3n) is 7.61. The van der Waals surface area contributed by atoms with Crippen LogP contribution in [0.1, 0.15) is 53.5 Å². The highest BCUT2D eigenvalue weighted by atomic mass is 35.5. The molecule has 1 aromatic heterocycles. The van der Waals surface area contributed by atoms with E-state index in [0.717, 1.165) is 34.1 Å². The van der Waals surface area contributed by atoms with E-state index in [0.29, 0.717) is 35.2 Å². The van der Waals surface area contributed by atoms with Crippen LogP contribution < -0.4 is 10.2 Å². The van der Waals surface area contributed by atoms with E-state index in [1.54, 1.807) is 35.2 Å². The summed E-state index contributed by atoms with van der Waals surface area (Å²) in [6, 6.07) is 20.4. The number of hydrogen-bond donors (Lipinski definition) is 2. The van der Waals surface area contributed by atoms with Gasteiger partial charge in [-0.1, -0.05) is 67.9 Å². The molecule has 0 bridgehead atoms. The van der Waals surface area contributed by atoms with E-state index in [1.165, 1.54) is 4.90 Å². The lowest BCUT2D eigenvalue weighted by Gasteiger charge is -2.36. The first-order valence-corrected chi connectivity index (χ1v) is 13.6. The van der Waals surface area contributed by atoms with E-state index in [-0.39, 0.29) is 11.8 Å². The van der Waals surface area contributed by atoms with E-state index in [4.69, 9.17) is 11.6 Å². The maximum Gasteiger partial charge on any atom is 0.332 e. The number of para-hydroxylation sites is 2. The normalized spacial score (nSPS) is 18.6. The zero-order chi connectivity index (χ0) is 27.3. The van der Waals surface area contributed by atoms with Gasteiger partial charge in [0.25, 0.3) is 11.8 Å². The average Bonchev–Trinajstić information content (AvgIpc) is 3.41. The number of H-pyrrole nitrogens is 1. The number of hydrogen-bond acceptors (Lipinski definition) is 3. The minimum absolute atomic E-state index is 0.294. The van der Waals surface area contributed by atoms with E-state index in [2.05, 4.69) is 24.1 Å². The smallest absolute Gasteiger partial charge is 0.332 e. The lowest BCUT2D eigenvalue weighted by molar-refractivity contribution is -0.120. The monoisotopic (exact) mass is 540 g/mol. The predicted molar refractivity (Wildman–Crippen MR) is 152 cm³/mol. The molecule has 2 aliphatic rings. The van der Waals surface area contributed by atoms with E-state index < -0.39 is 18.1 Å². The van der Waals surface area contributed by atoms with Crippen LogP contribution >= 0.6 is 11.6 Å². The van der Waals surface area contributed by atoms with E-state index in [1.807, 2.05) is 42.5 Å². The molecule has 0 radical (unpaired) electrons. The fourth-order valence-electron chi connectivity index (χ4n) is 5.75. The third kappa shape index (κ3) is 4.27. The molecule has 0 saturated carbocycles. The summed E-state index contributed by atoms with van der Waals surface area (Å²) in [5.74, 6) is -0.209. The number of carbonyl (C=O) groups excluding carboxylic acids is 3. The molecule has 8 heteroatoms. The third-order valence-corrected chi connectivity index (χ3v) is 7.85. The number of anilines is 1. The Morgan fingerprint density at radius 2 is 1.82 bits per heavy atom. The summed E-state index contributed by atoms with van der Waals surface area (Å²) in [6.45, 7) is 4.69. The summed E-state index contributed by atoms with van der Waals surface area (Å²) >= 11 is 6.38. The highest BCUT2D eigenvalue weighted by molar-refractivity contribution is 6.30. The summed E-state index contributed by atoms with van der Waals surface area (Å²) in [5.41, 5.74) is 4.24. The first-order valence-electron chi connectivity index (χ1n) is 13.2. The first kappa shape index (κ1) is 25.2. The van der Waals surface area contributed by atoms with Gasteiger partial charge in [-0.2, -0.15) is 0 Å². The predicted octanol–water partition coefficient (Wildman–Crippen LogP) is 6.08. The largest absolute Gasteiger partial charge is 0.356 e. The Morgan fingerprint density at radius 1 is 1.05 bits per heavy atom. The van der Waals surface area contributed by atoms with Crippen molar-refractivity contribution in [2.24, 2.45) is 5.92 Å². The van der Waals surface area contributed by atoms with Crippen molar-refractivity contribution in [1.82, 2.24) is 15.2 Å². The number of fused-ring (bicyclic) bond motifs is 4. The zero-order valence-corrected chi connectivity index (χ0v) is 22.5. The number of nitrogens with one attached hydrogen (secondary N) is 2. The summed E-state index contributed by atoms with van der Waals surface area (Å²) in [7, 11) is 0. The lowest BCUT2D eigenvalue weighted by Crippen LogP contribution is -2.44. The van der Waals surface area contributed by atoms with Crippen LogP contribution in [0.2, 0.25) is 5.02 Å². The van der Waals surface area contributed by atoms with Crippen molar-refractivity contribution in [2.45, 2.75) is 38.8 Å². The van der Waals surface area contributed by atoms with Crippen molar-refractivity contribution < 1.29 is 14.4 Å². The van der Waals surface area contributed by atoms with Crippen LogP contribution in [0.3, 0.4) is 0 Å². The summed E-state index contributed by atoms with van der Waals surface area (Å²) in [4.78, 5) is 47.7. The first-order chi connectivity index (χ1) is 18.8. The molecule has 1 unspecified atom stereocenters. The minimum atomic E-state index is -0.717. The number of benzene rings is 3. The van der Waals surface area contributed by atoms with Crippen molar-refractivity contribution in [3.05, 3.63) is 100 Å². The summed E-state index contributed by atoms with van der Waals surface area (Å²) in [5, 5.41) is 4.51. The average molecular weight is 541 g/mol. The minimum Gasteiger partial charge on any atom is -0.356 e. The van der Waals surface area contributed by atoms with Crippen LogP contribution in [0, 0.1) is 5.92 Å². The number of aromatic amines is 1. The zero-order valence-electron chi connectivity index (χ0n) is 21.8. The van der Waals surface area contributed by atoms with Gasteiger partial charge in [-0.05, 0) is 53.8 Å². The Balaban J connectivity index is 1.44. The van der Waals surface area contributed by atoms with Crippen molar-refractivity contribution in [3.8, 4) is 0 Å². The van der Waals surface area contributed by atoms with Crippen LogP contribution in [0.15, 0.2) is 72.8 Å². The quantitative estimate of drug-likeness (QED) is 0.291. The molecule has 4 amide bonds. The molecule has 4 aromatic rings. The summed E-state index contributed by atoms with van der Waals surface area (Å²) < 4.78 is 0. The van der Waals surface area contributed by atoms with Gasteiger partial charge in [0.2, 0.25) is 0 Å². The van der Waals surface area contributed by atoms with Gasteiger partial charge in [0.1, 0.15) is 12.1 Å². The van der Waals surface area contributed by atoms with Gasteiger partial charge in [0.05, 0.1) is 11.3 Å². The molecule has 1 fully saturated rings. The molecule has 2 atom stereocenters. The van der Waals surface area contributed by atoms with Gasteiger partial charge in [-0.25, -0.2) is 9.69 Å². The van der Waals surface area contributed by atoms with Crippen LogP contribution in [0.25, 0.3) is 10.9 Å². The molecule has 0 spiro atoms. The Kier molecular flexibility index (Phi) is 6.39. The number of aromatic nitrogens is 1. The molecular formula is C31H29ClN4O3. The van der Waals surface area contributed by atoms with Crippen molar-refractivity contribution in [3.63, 3.8) is 0 Å². The highest BCUT2D eigenvalue weighted by Crippen LogP contribution is 2.45. The molecule has 6 rings (SSSR count). The van der Waals surface area contributed by atoms with Gasteiger partial charge in [0.15, 0.2) is 0 Å². The number of halogens is 1. The Bertz CT molecular complexity index is 1610. The fraction of sp³-hybridized carbons (Fsp3) is 0.258. The molecule has 7 nitrogen and oxygen atoms in total. The number of amides is 4. The number of imide groups is 1. The van der Waals surface area contributed by atoms with Gasteiger partial charge in [-0.15, -0.1) is 0 Å². The molecule has 2 N–H and O–H groups in total. The van der Waals surface area contributed by atoms with Crippen LogP contribution in [0.4, 0.5) is 10.5 Å². The second kappa shape index (κ2) is 9.89. The van der Waals surface area contributed by atoms with Crippen LogP contribution in [-0.2, 0) is 11.2 Å². The molecule has 39 heavy (non-hydrogen) atoms. The van der Waals surface area contributed by atoms with E-state index >= 15 is 0 Å². The number of nitrogens with zero attached hydrogens (tertiary/aromatic N) is 2. The molecule has 0 aliphatic carbocycles. The molecular weight excluding hydrogens is 512 g/mol. The SMILES string of the molecule is CC(C)CCNC(=O)c1ccccc1N1C(=O)[C@@H]2Cc3c([nH]c4ccccc34)C(c3cccc(Cl)c3)N2C1=O. The highest BCUT2D eigenvalue weighted by Gasteiger charge is 2.53. The van der Waals surface area contributed by atoms with Crippen molar-refractivity contribution >= 4 is 46.0 Å². The lowest BCUT2D eigenvalue weighted by atomic mass is 9.89. The van der Waals surface area contributed by atoms with E-state index in [9.17, 15) is 14.4 Å². The topological polar surface area (TPSA) is 85.5 Å². The summed E-state index contributed by atoms with van der Waals surface area (Å²) in [6.07, 6.45) is 1.21. The maximum atomic E-state index is 14.2. The Labute approximate surface area is 231 Å². The maximum absolute atomic E-state index is 14.2. The second-order valence-corrected chi connectivity index (χ2v) is 11.0. The van der Waals surface area contributed by atoms with Crippen molar-refractivity contribution in [1.29, 1.82) is 0 Å². The Morgan fingerprint density at radius 3 is 2.62 bits per heavy atom. The second-order valence-electron chi connectivity index (χ2n) is 10.6. The van der Waals surface area contributed by atoms with Gasteiger partial charge in [0, 0.05) is 34.6 Å². The van der Waals surface area contributed by atoms with Gasteiger partial charge in [-0.3, -0.25) is 14.5 Å². The van der Waals surface area contributed by atoms with Crippen LogP contribution in [0.5, 0.6) is 0 Å². The van der Waals surface area contributed by atoms with Crippen molar-refractivity contribution in [2.75, 3.05) is 11.4 Å². The molecule has 2 aliphatic heterocycles. The molecule has 3 heterocycles. The molecule has 3 aromatic carbocycles. The fourth-order valence-corrected chi connectivity index (χ4v) is 5.95. The molecule has 1 saturated heterocycles. The van der Waals surface area contributed by atoms with Crippen LogP contribution in [-0.4, -0.2) is 40.3 Å². The Hall–Kier alpha value is -4.10. The number of carbonyl (C=O) groups is 3.